The zero-order valence-electron chi connectivity index (χ0n) is 33.8. The van der Waals surface area contributed by atoms with Crippen LogP contribution in [0.3, 0.4) is 0 Å². The van der Waals surface area contributed by atoms with Crippen molar-refractivity contribution in [3.05, 3.63) is 176 Å². The molecule has 0 bridgehead atoms. The molecule has 0 aromatic heterocycles. The molecule has 5 atom stereocenters. The van der Waals surface area contributed by atoms with Crippen LogP contribution in [0, 0.1) is 29.1 Å². The van der Waals surface area contributed by atoms with Crippen LogP contribution in [-0.2, 0) is 18.3 Å². The van der Waals surface area contributed by atoms with E-state index in [2.05, 4.69) is 103 Å². The SMILES string of the molecule is N#Cc1ccc2c(c1)C1(C3=C(CCC(c4c5c(c(C6CC(C7C=CCCC7)=CC7=C6C=CCC7)c6ccccc46)CCCC5)=C3)O2)C2=C(CCC=C2)C2CCC=CC21. The molecule has 0 amide bonds. The van der Waals surface area contributed by atoms with Gasteiger partial charge in [0.2, 0.25) is 0 Å². The first-order valence-corrected chi connectivity index (χ1v) is 22.8. The third-order valence-corrected chi connectivity index (χ3v) is 15.8. The predicted octanol–water partition coefficient (Wildman–Crippen LogP) is 14.0. The molecular formula is C56H53NO. The first-order chi connectivity index (χ1) is 28.7. The lowest BCUT2D eigenvalue weighted by atomic mass is 9.58. The molecule has 0 fully saturated rings. The van der Waals surface area contributed by atoms with Gasteiger partial charge in [-0.15, -0.1) is 0 Å². The molecule has 288 valence electrons. The maximum absolute atomic E-state index is 10.3. The van der Waals surface area contributed by atoms with Gasteiger partial charge in [0.25, 0.3) is 0 Å². The number of hydrogen-bond acceptors (Lipinski definition) is 2. The number of nitrogens with zero attached hydrogens (tertiary/aromatic N) is 1. The third-order valence-electron chi connectivity index (χ3n) is 15.8. The van der Waals surface area contributed by atoms with Gasteiger partial charge in [-0.2, -0.15) is 5.26 Å². The Hall–Kier alpha value is -5.13. The van der Waals surface area contributed by atoms with Crippen LogP contribution >= 0.6 is 0 Å². The van der Waals surface area contributed by atoms with Gasteiger partial charge >= 0.3 is 0 Å². The molecule has 3 aromatic rings. The normalized spacial score (nSPS) is 29.2. The molecule has 0 radical (unpaired) electrons. The van der Waals surface area contributed by atoms with Gasteiger partial charge in [0, 0.05) is 29.4 Å². The first kappa shape index (κ1) is 34.9. The minimum atomic E-state index is -0.361. The van der Waals surface area contributed by atoms with E-state index in [0.717, 1.165) is 74.9 Å². The van der Waals surface area contributed by atoms with E-state index < -0.39 is 0 Å². The van der Waals surface area contributed by atoms with Gasteiger partial charge in [0.1, 0.15) is 11.5 Å². The number of fused-ring (bicyclic) bond motifs is 9. The molecule has 2 heteroatoms. The van der Waals surface area contributed by atoms with Crippen molar-refractivity contribution in [2.24, 2.45) is 17.8 Å². The van der Waals surface area contributed by atoms with Crippen molar-refractivity contribution in [1.82, 2.24) is 0 Å². The number of hydrogen-bond donors (Lipinski definition) is 0. The van der Waals surface area contributed by atoms with Crippen LogP contribution in [0.1, 0.15) is 129 Å². The highest BCUT2D eigenvalue weighted by molar-refractivity contribution is 6.00. The van der Waals surface area contributed by atoms with Crippen molar-refractivity contribution < 1.29 is 4.74 Å². The lowest BCUT2D eigenvalue weighted by Gasteiger charge is -2.46. The summed E-state index contributed by atoms with van der Waals surface area (Å²) < 4.78 is 7.01. The predicted molar refractivity (Wildman–Crippen MR) is 236 cm³/mol. The summed E-state index contributed by atoms with van der Waals surface area (Å²) in [4.78, 5) is 0. The summed E-state index contributed by atoms with van der Waals surface area (Å²) in [6.45, 7) is 0. The van der Waals surface area contributed by atoms with Gasteiger partial charge in [-0.05, 0) is 182 Å². The highest BCUT2D eigenvalue weighted by Gasteiger charge is 2.58. The van der Waals surface area contributed by atoms with Crippen LogP contribution in [0.2, 0.25) is 0 Å². The monoisotopic (exact) mass is 755 g/mol. The van der Waals surface area contributed by atoms with Gasteiger partial charge < -0.3 is 4.74 Å². The molecule has 8 aliphatic carbocycles. The Bertz CT molecular complexity index is 2640. The van der Waals surface area contributed by atoms with Gasteiger partial charge in [0.15, 0.2) is 0 Å². The zero-order chi connectivity index (χ0) is 38.4. The minimum Gasteiger partial charge on any atom is -0.461 e. The van der Waals surface area contributed by atoms with E-state index in [1.807, 2.05) is 6.07 Å². The van der Waals surface area contributed by atoms with Gasteiger partial charge in [-0.25, -0.2) is 0 Å². The second-order valence-electron chi connectivity index (χ2n) is 18.6. The summed E-state index contributed by atoms with van der Waals surface area (Å²) in [5, 5.41) is 13.2. The summed E-state index contributed by atoms with van der Waals surface area (Å²) in [5.74, 6) is 3.91. The molecular weight excluding hydrogens is 703 g/mol. The fourth-order valence-electron chi connectivity index (χ4n) is 13.5. The summed E-state index contributed by atoms with van der Waals surface area (Å²) in [7, 11) is 0. The Morgan fingerprint density at radius 2 is 1.59 bits per heavy atom. The fourth-order valence-corrected chi connectivity index (χ4v) is 13.5. The van der Waals surface area contributed by atoms with Crippen LogP contribution in [0.15, 0.2) is 142 Å². The van der Waals surface area contributed by atoms with E-state index in [1.165, 1.54) is 83.6 Å². The van der Waals surface area contributed by atoms with Gasteiger partial charge in [-0.1, -0.05) is 96.2 Å². The van der Waals surface area contributed by atoms with Crippen LogP contribution in [0.4, 0.5) is 0 Å². The van der Waals surface area contributed by atoms with Crippen molar-refractivity contribution >= 4 is 16.3 Å². The average Bonchev–Trinajstić information content (AvgIpc) is 3.58. The summed E-state index contributed by atoms with van der Waals surface area (Å²) in [6, 6.07) is 18.3. The van der Waals surface area contributed by atoms with Crippen molar-refractivity contribution in [1.29, 1.82) is 5.26 Å². The minimum absolute atomic E-state index is 0.317. The zero-order valence-corrected chi connectivity index (χ0v) is 33.8. The van der Waals surface area contributed by atoms with E-state index in [1.54, 1.807) is 39.0 Å². The molecule has 1 heterocycles. The van der Waals surface area contributed by atoms with Crippen LogP contribution in [0.5, 0.6) is 5.75 Å². The number of benzene rings is 3. The second-order valence-corrected chi connectivity index (χ2v) is 18.6. The molecule has 1 spiro atoms. The largest absolute Gasteiger partial charge is 0.461 e. The quantitative estimate of drug-likeness (QED) is 0.249. The Labute approximate surface area is 344 Å². The van der Waals surface area contributed by atoms with Crippen molar-refractivity contribution in [3.8, 4) is 11.8 Å². The van der Waals surface area contributed by atoms with Gasteiger partial charge in [0.05, 0.1) is 17.0 Å². The molecule has 9 aliphatic rings. The first-order valence-electron chi connectivity index (χ1n) is 22.8. The number of nitriles is 1. The van der Waals surface area contributed by atoms with E-state index in [-0.39, 0.29) is 5.41 Å². The van der Waals surface area contributed by atoms with Crippen molar-refractivity contribution in [2.75, 3.05) is 0 Å². The second kappa shape index (κ2) is 13.7. The average molecular weight is 756 g/mol. The standard InChI is InChI=1S/C56H53NO/c57-34-35-26-28-52-50(30-35)56(48-24-12-10-18-41(48)42-19-11-13-25-49(42)56)51-33-38(27-29-53(51)58-52)54-43-20-6-8-22-45(43)55(46-23-9-7-21-44(46)54)47-32-39(36-14-2-1-3-15-36)31-37-16-4-5-17-40(37)47/h2,5-6,8,12-14,17,20,22,24-26,28,30-31,33,36,41,47-48H,1,3-4,7,9-11,15-16,18-19,21,23,27,29,32H2. The molecule has 5 unspecified atom stereocenters. The van der Waals surface area contributed by atoms with Crippen molar-refractivity contribution in [2.45, 2.75) is 114 Å². The third kappa shape index (κ3) is 5.08. The summed E-state index contributed by atoms with van der Waals surface area (Å²) >= 11 is 0. The molecule has 12 rings (SSSR count). The number of rotatable bonds is 3. The van der Waals surface area contributed by atoms with Gasteiger partial charge in [-0.3, -0.25) is 0 Å². The summed E-state index contributed by atoms with van der Waals surface area (Å²) in [6.07, 6.45) is 43.7. The molecule has 0 saturated heterocycles. The topological polar surface area (TPSA) is 33.0 Å². The van der Waals surface area contributed by atoms with E-state index in [9.17, 15) is 5.26 Å². The Morgan fingerprint density at radius 1 is 0.724 bits per heavy atom. The van der Waals surface area contributed by atoms with Crippen LogP contribution < -0.4 is 4.74 Å². The molecule has 1 aliphatic heterocycles. The highest BCUT2D eigenvalue weighted by atomic mass is 16.5. The molecule has 3 aromatic carbocycles. The highest BCUT2D eigenvalue weighted by Crippen LogP contribution is 2.66. The molecule has 2 nitrogen and oxygen atoms in total. The lowest BCUT2D eigenvalue weighted by Crippen LogP contribution is -2.41. The lowest BCUT2D eigenvalue weighted by molar-refractivity contribution is 0.296. The Morgan fingerprint density at radius 3 is 2.48 bits per heavy atom. The molecule has 0 N–H and O–H groups in total. The maximum Gasteiger partial charge on any atom is 0.131 e. The fraction of sp³-hybridized carbons (Fsp3) is 0.375. The smallest absolute Gasteiger partial charge is 0.131 e. The van der Waals surface area contributed by atoms with E-state index >= 15 is 0 Å². The Kier molecular flexibility index (Phi) is 8.26. The van der Waals surface area contributed by atoms with Crippen LogP contribution in [0.25, 0.3) is 16.3 Å². The Balaban J connectivity index is 1.08. The van der Waals surface area contributed by atoms with Crippen molar-refractivity contribution in [3.63, 3.8) is 0 Å². The molecule has 58 heavy (non-hydrogen) atoms. The number of ether oxygens (including phenoxy) is 1. The van der Waals surface area contributed by atoms with E-state index in [4.69, 9.17) is 4.74 Å². The maximum atomic E-state index is 10.3. The van der Waals surface area contributed by atoms with Crippen LogP contribution in [-0.4, -0.2) is 0 Å². The number of allylic oxidation sites excluding steroid dienone is 18. The van der Waals surface area contributed by atoms with E-state index in [0.29, 0.717) is 23.7 Å². The molecule has 0 saturated carbocycles. The summed E-state index contributed by atoms with van der Waals surface area (Å²) in [5.41, 5.74) is 18.8.